The largest absolute Gasteiger partial charge is 0.459 e. The van der Waals surface area contributed by atoms with Gasteiger partial charge in [0.05, 0.1) is 6.20 Å². The SMILES string of the molecule is Cc1ccc(COc2ncc(F)c(NC(=S)NCc3ccccc3F)n2)cc1. The van der Waals surface area contributed by atoms with Gasteiger partial charge in [-0.2, -0.15) is 4.98 Å². The van der Waals surface area contributed by atoms with Crippen LogP contribution in [0.25, 0.3) is 0 Å². The summed E-state index contributed by atoms with van der Waals surface area (Å²) in [6, 6.07) is 14.1. The van der Waals surface area contributed by atoms with E-state index < -0.39 is 5.82 Å². The Morgan fingerprint density at radius 3 is 2.57 bits per heavy atom. The maximum atomic E-state index is 14.0. The standard InChI is InChI=1S/C20H18F2N4OS/c1-13-6-8-14(9-7-13)12-27-19-23-11-17(22)18(25-19)26-20(28)24-10-15-4-2-3-5-16(15)21/h2-9,11H,10,12H2,1H3,(H2,23,24,25,26,28). The third kappa shape index (κ3) is 5.43. The van der Waals surface area contributed by atoms with Crippen LogP contribution >= 0.6 is 12.2 Å². The molecule has 0 aliphatic heterocycles. The molecule has 3 rings (SSSR count). The fraction of sp³-hybridized carbons (Fsp3) is 0.150. The number of anilines is 1. The predicted molar refractivity (Wildman–Crippen MR) is 107 cm³/mol. The summed E-state index contributed by atoms with van der Waals surface area (Å²) in [5.74, 6) is -1.16. The Kier molecular flexibility index (Phi) is 6.44. The highest BCUT2D eigenvalue weighted by atomic mass is 32.1. The van der Waals surface area contributed by atoms with Crippen molar-refractivity contribution < 1.29 is 13.5 Å². The Balaban J connectivity index is 1.58. The number of halogens is 2. The number of ether oxygens (including phenoxy) is 1. The van der Waals surface area contributed by atoms with Gasteiger partial charge in [-0.1, -0.05) is 48.0 Å². The molecule has 0 aliphatic carbocycles. The number of aryl methyl sites for hydroxylation is 1. The molecule has 144 valence electrons. The molecule has 1 heterocycles. The van der Waals surface area contributed by atoms with E-state index in [0.717, 1.165) is 17.3 Å². The highest BCUT2D eigenvalue weighted by molar-refractivity contribution is 7.80. The highest BCUT2D eigenvalue weighted by Gasteiger charge is 2.10. The maximum Gasteiger partial charge on any atom is 0.318 e. The van der Waals surface area contributed by atoms with Crippen molar-refractivity contribution in [2.45, 2.75) is 20.1 Å². The Morgan fingerprint density at radius 1 is 1.07 bits per heavy atom. The quantitative estimate of drug-likeness (QED) is 0.607. The summed E-state index contributed by atoms with van der Waals surface area (Å²) < 4.78 is 33.1. The van der Waals surface area contributed by atoms with E-state index in [0.29, 0.717) is 5.56 Å². The topological polar surface area (TPSA) is 59.1 Å². The second-order valence-electron chi connectivity index (χ2n) is 6.02. The van der Waals surface area contributed by atoms with Crippen LogP contribution in [0.5, 0.6) is 6.01 Å². The van der Waals surface area contributed by atoms with Gasteiger partial charge in [-0.3, -0.25) is 0 Å². The lowest BCUT2D eigenvalue weighted by atomic mass is 10.2. The normalized spacial score (nSPS) is 10.4. The predicted octanol–water partition coefficient (Wildman–Crippen LogP) is 4.13. The number of nitrogens with zero attached hydrogens (tertiary/aromatic N) is 2. The molecule has 3 aromatic rings. The fourth-order valence-corrected chi connectivity index (χ4v) is 2.48. The van der Waals surface area contributed by atoms with Crippen LogP contribution in [0, 0.1) is 18.6 Å². The summed E-state index contributed by atoms with van der Waals surface area (Å²) in [7, 11) is 0. The summed E-state index contributed by atoms with van der Waals surface area (Å²) in [6.45, 7) is 2.40. The van der Waals surface area contributed by atoms with Crippen LogP contribution < -0.4 is 15.4 Å². The Labute approximate surface area is 166 Å². The van der Waals surface area contributed by atoms with E-state index in [1.165, 1.54) is 6.07 Å². The van der Waals surface area contributed by atoms with Crippen LogP contribution in [-0.4, -0.2) is 15.1 Å². The molecule has 0 radical (unpaired) electrons. The molecule has 0 unspecified atom stereocenters. The van der Waals surface area contributed by atoms with Gasteiger partial charge in [0.25, 0.3) is 0 Å². The van der Waals surface area contributed by atoms with Crippen LogP contribution in [-0.2, 0) is 13.2 Å². The molecule has 0 saturated heterocycles. The molecule has 0 aliphatic rings. The van der Waals surface area contributed by atoms with Gasteiger partial charge in [0, 0.05) is 12.1 Å². The molecule has 0 amide bonds. The number of hydrogen-bond acceptors (Lipinski definition) is 4. The van der Waals surface area contributed by atoms with Crippen LogP contribution in [0.4, 0.5) is 14.6 Å². The number of hydrogen-bond donors (Lipinski definition) is 2. The number of aromatic nitrogens is 2. The van der Waals surface area contributed by atoms with E-state index in [4.69, 9.17) is 17.0 Å². The number of rotatable bonds is 6. The van der Waals surface area contributed by atoms with Crippen molar-refractivity contribution in [2.75, 3.05) is 5.32 Å². The number of nitrogens with one attached hydrogen (secondary N) is 2. The first-order valence-corrected chi connectivity index (χ1v) is 8.91. The van der Waals surface area contributed by atoms with E-state index in [9.17, 15) is 8.78 Å². The van der Waals surface area contributed by atoms with Crippen LogP contribution in [0.3, 0.4) is 0 Å². The molecule has 5 nitrogen and oxygen atoms in total. The third-order valence-corrected chi connectivity index (χ3v) is 4.09. The van der Waals surface area contributed by atoms with Crippen LogP contribution in [0.2, 0.25) is 0 Å². The van der Waals surface area contributed by atoms with E-state index in [2.05, 4.69) is 20.6 Å². The van der Waals surface area contributed by atoms with Gasteiger partial charge < -0.3 is 15.4 Å². The number of thiocarbonyl (C=S) groups is 1. The molecule has 0 bridgehead atoms. The van der Waals surface area contributed by atoms with Crippen molar-refractivity contribution in [1.82, 2.24) is 15.3 Å². The Bertz CT molecular complexity index is 967. The van der Waals surface area contributed by atoms with E-state index in [1.807, 2.05) is 31.2 Å². The zero-order valence-corrected chi connectivity index (χ0v) is 15.9. The zero-order chi connectivity index (χ0) is 19.9. The second kappa shape index (κ2) is 9.18. The van der Waals surface area contributed by atoms with Gasteiger partial charge in [0.2, 0.25) is 0 Å². The van der Waals surface area contributed by atoms with Gasteiger partial charge in [-0.15, -0.1) is 0 Å². The molecular weight excluding hydrogens is 382 g/mol. The minimum Gasteiger partial charge on any atom is -0.459 e. The molecule has 0 spiro atoms. The van der Waals surface area contributed by atoms with Gasteiger partial charge in [0.15, 0.2) is 16.7 Å². The summed E-state index contributed by atoms with van der Waals surface area (Å²) >= 11 is 5.12. The smallest absolute Gasteiger partial charge is 0.318 e. The van der Waals surface area contributed by atoms with E-state index >= 15 is 0 Å². The Hall–Kier alpha value is -3.13. The molecular formula is C20H18F2N4OS. The first kappa shape index (κ1) is 19.6. The highest BCUT2D eigenvalue weighted by Crippen LogP contribution is 2.15. The molecule has 0 saturated carbocycles. The van der Waals surface area contributed by atoms with Gasteiger partial charge >= 0.3 is 6.01 Å². The minimum absolute atomic E-state index is 0.0152. The lowest BCUT2D eigenvalue weighted by molar-refractivity contribution is 0.280. The molecule has 0 atom stereocenters. The van der Waals surface area contributed by atoms with Crippen molar-refractivity contribution in [3.8, 4) is 6.01 Å². The van der Waals surface area contributed by atoms with Gasteiger partial charge in [0.1, 0.15) is 12.4 Å². The average Bonchev–Trinajstić information content (AvgIpc) is 2.69. The molecule has 2 N–H and O–H groups in total. The van der Waals surface area contributed by atoms with Crippen molar-refractivity contribution in [3.63, 3.8) is 0 Å². The van der Waals surface area contributed by atoms with Crippen molar-refractivity contribution >= 4 is 23.1 Å². The lowest BCUT2D eigenvalue weighted by Crippen LogP contribution is -2.29. The van der Waals surface area contributed by atoms with Gasteiger partial charge in [-0.25, -0.2) is 13.8 Å². The van der Waals surface area contributed by atoms with E-state index in [1.54, 1.807) is 18.2 Å². The average molecular weight is 400 g/mol. The monoisotopic (exact) mass is 400 g/mol. The molecule has 0 fully saturated rings. The van der Waals surface area contributed by atoms with Gasteiger partial charge in [-0.05, 0) is 30.8 Å². The third-order valence-electron chi connectivity index (χ3n) is 3.84. The van der Waals surface area contributed by atoms with Crippen molar-refractivity contribution in [1.29, 1.82) is 0 Å². The van der Waals surface area contributed by atoms with E-state index in [-0.39, 0.29) is 35.9 Å². The summed E-state index contributed by atoms with van der Waals surface area (Å²) in [4.78, 5) is 7.82. The maximum absolute atomic E-state index is 14.0. The van der Waals surface area contributed by atoms with Crippen molar-refractivity contribution in [2.24, 2.45) is 0 Å². The lowest BCUT2D eigenvalue weighted by Gasteiger charge is -2.12. The molecule has 8 heteroatoms. The first-order chi connectivity index (χ1) is 13.5. The molecule has 28 heavy (non-hydrogen) atoms. The molecule has 2 aromatic carbocycles. The van der Waals surface area contributed by atoms with Crippen LogP contribution in [0.15, 0.2) is 54.7 Å². The second-order valence-corrected chi connectivity index (χ2v) is 6.43. The zero-order valence-electron chi connectivity index (χ0n) is 15.1. The van der Waals surface area contributed by atoms with Crippen molar-refractivity contribution in [3.05, 3.63) is 83.1 Å². The Morgan fingerprint density at radius 2 is 1.82 bits per heavy atom. The molecule has 1 aromatic heterocycles. The number of benzene rings is 2. The minimum atomic E-state index is -0.683. The summed E-state index contributed by atoms with van der Waals surface area (Å²) in [6.07, 6.45) is 0.999. The van der Waals surface area contributed by atoms with Crippen LogP contribution in [0.1, 0.15) is 16.7 Å². The summed E-state index contributed by atoms with van der Waals surface area (Å²) in [5, 5.41) is 5.55. The fourth-order valence-electron chi connectivity index (χ4n) is 2.31. The summed E-state index contributed by atoms with van der Waals surface area (Å²) in [5.41, 5.74) is 2.52. The first-order valence-electron chi connectivity index (χ1n) is 8.50.